The highest BCUT2D eigenvalue weighted by Gasteiger charge is 2.19. The van der Waals surface area contributed by atoms with Gasteiger partial charge in [0.2, 0.25) is 0 Å². The Hall–Kier alpha value is 0.230. The largest absolute Gasteiger partial charge is 0.374 e. The van der Waals surface area contributed by atoms with Crippen molar-refractivity contribution in [3.63, 3.8) is 0 Å². The first kappa shape index (κ1) is 11.7. The summed E-state index contributed by atoms with van der Waals surface area (Å²) in [7, 11) is 2.17. The van der Waals surface area contributed by atoms with Crippen LogP contribution in [0.4, 0.5) is 0 Å². The third-order valence-corrected chi connectivity index (χ3v) is 4.35. The van der Waals surface area contributed by atoms with E-state index >= 15 is 0 Å². The van der Waals surface area contributed by atoms with Gasteiger partial charge in [0.15, 0.2) is 0 Å². The van der Waals surface area contributed by atoms with E-state index in [1.807, 2.05) is 0 Å². The van der Waals surface area contributed by atoms with Gasteiger partial charge in [-0.15, -0.1) is 0 Å². The fraction of sp³-hybridized carbons (Fsp3) is 1.00. The minimum absolute atomic E-state index is 0.399. The van der Waals surface area contributed by atoms with Gasteiger partial charge in [0.1, 0.15) is 0 Å². The van der Waals surface area contributed by atoms with E-state index in [1.165, 1.54) is 24.3 Å². The molecule has 0 aromatic carbocycles. The fourth-order valence-electron chi connectivity index (χ4n) is 2.19. The quantitative estimate of drug-likeness (QED) is 0.775. The molecule has 2 rings (SSSR count). The number of hydrogen-bond acceptors (Lipinski definition) is 4. The molecule has 0 bridgehead atoms. The molecule has 2 aliphatic rings. The van der Waals surface area contributed by atoms with Gasteiger partial charge in [0.25, 0.3) is 0 Å². The highest BCUT2D eigenvalue weighted by molar-refractivity contribution is 7.99. The van der Waals surface area contributed by atoms with Crippen molar-refractivity contribution in [1.82, 2.24) is 10.2 Å². The molecule has 2 atom stereocenters. The highest BCUT2D eigenvalue weighted by atomic mass is 32.2. The summed E-state index contributed by atoms with van der Waals surface area (Å²) in [4.78, 5) is 2.35. The zero-order valence-corrected chi connectivity index (χ0v) is 10.4. The molecular formula is C11H22N2OS. The van der Waals surface area contributed by atoms with E-state index in [4.69, 9.17) is 4.74 Å². The molecule has 0 aromatic heterocycles. The van der Waals surface area contributed by atoms with E-state index in [1.54, 1.807) is 0 Å². The summed E-state index contributed by atoms with van der Waals surface area (Å²) < 4.78 is 5.73. The maximum Gasteiger partial charge on any atom is 0.0826 e. The van der Waals surface area contributed by atoms with Gasteiger partial charge in [0.05, 0.1) is 12.7 Å². The van der Waals surface area contributed by atoms with Gasteiger partial charge in [-0.25, -0.2) is 0 Å². The lowest BCUT2D eigenvalue weighted by Gasteiger charge is -2.32. The lowest BCUT2D eigenvalue weighted by atomic mass is 10.1. The molecule has 4 heteroatoms. The Morgan fingerprint density at radius 1 is 1.53 bits per heavy atom. The number of ether oxygens (including phenoxy) is 1. The van der Waals surface area contributed by atoms with Crippen LogP contribution in [0.5, 0.6) is 0 Å². The molecule has 0 aliphatic carbocycles. The predicted octanol–water partition coefficient (Wildman–Crippen LogP) is 0.802. The Labute approximate surface area is 96.9 Å². The van der Waals surface area contributed by atoms with Crippen LogP contribution in [-0.2, 0) is 4.74 Å². The molecule has 1 N–H and O–H groups in total. The van der Waals surface area contributed by atoms with Gasteiger partial charge in [-0.3, -0.25) is 0 Å². The molecule has 88 valence electrons. The third kappa shape index (κ3) is 3.94. The van der Waals surface area contributed by atoms with E-state index in [-0.39, 0.29) is 0 Å². The molecular weight excluding hydrogens is 208 g/mol. The van der Waals surface area contributed by atoms with Gasteiger partial charge in [-0.05, 0) is 25.6 Å². The normalized spacial score (nSPS) is 34.2. The van der Waals surface area contributed by atoms with Crippen molar-refractivity contribution >= 4 is 11.8 Å². The lowest BCUT2D eigenvalue weighted by molar-refractivity contribution is -0.0191. The average molecular weight is 230 g/mol. The minimum atomic E-state index is 0.399. The molecule has 2 fully saturated rings. The molecule has 0 aromatic rings. The van der Waals surface area contributed by atoms with Gasteiger partial charge in [0, 0.05) is 31.4 Å². The number of nitrogens with zero attached hydrogens (tertiary/aromatic N) is 1. The molecule has 2 aliphatic heterocycles. The second kappa shape index (κ2) is 6.09. The Morgan fingerprint density at radius 2 is 2.47 bits per heavy atom. The molecule has 0 spiro atoms. The number of likely N-dealkylation sites (N-methyl/N-ethyl adjacent to an activating group) is 1. The second-order valence-corrected chi connectivity index (χ2v) is 5.73. The van der Waals surface area contributed by atoms with Crippen LogP contribution in [0.2, 0.25) is 0 Å². The van der Waals surface area contributed by atoms with E-state index < -0.39 is 0 Å². The van der Waals surface area contributed by atoms with Gasteiger partial charge < -0.3 is 15.0 Å². The number of rotatable bonds is 3. The van der Waals surface area contributed by atoms with Crippen molar-refractivity contribution in [2.45, 2.75) is 25.0 Å². The van der Waals surface area contributed by atoms with E-state index in [9.17, 15) is 0 Å². The number of nitrogens with one attached hydrogen (secondary N) is 1. The van der Waals surface area contributed by atoms with Gasteiger partial charge in [-0.2, -0.15) is 11.8 Å². The Kier molecular flexibility index (Phi) is 4.75. The molecule has 0 amide bonds. The third-order valence-electron chi connectivity index (χ3n) is 3.14. The highest BCUT2D eigenvalue weighted by Crippen LogP contribution is 2.17. The molecule has 0 unspecified atom stereocenters. The number of thioether (sulfide) groups is 1. The van der Waals surface area contributed by atoms with Crippen molar-refractivity contribution in [2.75, 3.05) is 44.8 Å². The Morgan fingerprint density at radius 3 is 3.20 bits per heavy atom. The Bertz CT molecular complexity index is 185. The molecule has 2 saturated heterocycles. The lowest BCUT2D eigenvalue weighted by Crippen LogP contribution is -2.47. The van der Waals surface area contributed by atoms with Crippen molar-refractivity contribution in [2.24, 2.45) is 0 Å². The van der Waals surface area contributed by atoms with Crippen LogP contribution < -0.4 is 5.32 Å². The average Bonchev–Trinajstić information content (AvgIpc) is 2.28. The van der Waals surface area contributed by atoms with Crippen LogP contribution in [-0.4, -0.2) is 61.8 Å². The maximum absolute atomic E-state index is 5.73. The zero-order valence-electron chi connectivity index (χ0n) is 9.58. The van der Waals surface area contributed by atoms with Crippen LogP contribution >= 0.6 is 11.8 Å². The maximum atomic E-state index is 5.73. The molecule has 0 radical (unpaired) electrons. The van der Waals surface area contributed by atoms with Crippen LogP contribution in [0.25, 0.3) is 0 Å². The molecule has 3 nitrogen and oxygen atoms in total. The summed E-state index contributed by atoms with van der Waals surface area (Å²) in [6.07, 6.45) is 3.11. The summed E-state index contributed by atoms with van der Waals surface area (Å²) in [5.41, 5.74) is 0. The first-order valence-electron chi connectivity index (χ1n) is 5.96. The summed E-state index contributed by atoms with van der Waals surface area (Å²) in [6.45, 7) is 4.07. The summed E-state index contributed by atoms with van der Waals surface area (Å²) in [5, 5.41) is 3.64. The summed E-state index contributed by atoms with van der Waals surface area (Å²) >= 11 is 2.08. The van der Waals surface area contributed by atoms with Crippen LogP contribution in [0.15, 0.2) is 0 Å². The topological polar surface area (TPSA) is 24.5 Å². The summed E-state index contributed by atoms with van der Waals surface area (Å²) in [5.74, 6) is 2.63. The van der Waals surface area contributed by atoms with Crippen LogP contribution in [0, 0.1) is 0 Å². The van der Waals surface area contributed by atoms with E-state index in [2.05, 4.69) is 29.0 Å². The van der Waals surface area contributed by atoms with Crippen molar-refractivity contribution in [1.29, 1.82) is 0 Å². The monoisotopic (exact) mass is 230 g/mol. The van der Waals surface area contributed by atoms with Crippen molar-refractivity contribution in [3.05, 3.63) is 0 Å². The first-order valence-corrected chi connectivity index (χ1v) is 7.11. The van der Waals surface area contributed by atoms with Gasteiger partial charge >= 0.3 is 0 Å². The molecule has 2 heterocycles. The smallest absolute Gasteiger partial charge is 0.0826 e. The van der Waals surface area contributed by atoms with E-state index in [0.29, 0.717) is 6.10 Å². The standard InChI is InChI=1S/C11H22N2OS/c1-13-4-5-14-11(8-13)7-12-10-3-2-6-15-9-10/h10-12H,2-9H2,1H3/t10-,11+/m1/s1. The first-order chi connectivity index (χ1) is 7.34. The number of hydrogen-bond donors (Lipinski definition) is 1. The van der Waals surface area contributed by atoms with E-state index in [0.717, 1.165) is 32.3 Å². The summed E-state index contributed by atoms with van der Waals surface area (Å²) in [6, 6.07) is 0.722. The Balaban J connectivity index is 1.63. The van der Waals surface area contributed by atoms with Crippen LogP contribution in [0.1, 0.15) is 12.8 Å². The zero-order chi connectivity index (χ0) is 10.5. The SMILES string of the molecule is CN1CCO[C@@H](CN[C@@H]2CCCSC2)C1. The molecule has 0 saturated carbocycles. The van der Waals surface area contributed by atoms with Crippen molar-refractivity contribution in [3.8, 4) is 0 Å². The second-order valence-electron chi connectivity index (χ2n) is 4.58. The van der Waals surface area contributed by atoms with Crippen molar-refractivity contribution < 1.29 is 4.74 Å². The number of morpholine rings is 1. The van der Waals surface area contributed by atoms with Crippen LogP contribution in [0.3, 0.4) is 0 Å². The van der Waals surface area contributed by atoms with Gasteiger partial charge in [-0.1, -0.05) is 0 Å². The predicted molar refractivity (Wildman–Crippen MR) is 65.6 cm³/mol. The minimum Gasteiger partial charge on any atom is -0.374 e. The fourth-order valence-corrected chi connectivity index (χ4v) is 3.30. The molecule has 15 heavy (non-hydrogen) atoms.